The van der Waals surface area contributed by atoms with Gasteiger partial charge in [0.25, 0.3) is 5.91 Å². The molecule has 1 aromatic carbocycles. The zero-order valence-corrected chi connectivity index (χ0v) is 14.3. The predicted octanol–water partition coefficient (Wildman–Crippen LogP) is 5.19. The Kier molecular flexibility index (Phi) is 4.19. The number of thiophene rings is 1. The zero-order chi connectivity index (χ0) is 14.8. The Hall–Kier alpha value is -1.50. The lowest BCUT2D eigenvalue weighted by atomic mass is 10.2. The molecule has 3 aromatic rings. The number of aromatic nitrogens is 1. The maximum absolute atomic E-state index is 12.3. The number of anilines is 1. The van der Waals surface area contributed by atoms with Crippen LogP contribution in [0, 0.1) is 6.92 Å². The van der Waals surface area contributed by atoms with Gasteiger partial charge in [-0.2, -0.15) is 0 Å². The number of benzene rings is 1. The minimum absolute atomic E-state index is 0.128. The molecule has 0 bridgehead atoms. The third kappa shape index (κ3) is 3.23. The van der Waals surface area contributed by atoms with Gasteiger partial charge in [0.2, 0.25) is 0 Å². The van der Waals surface area contributed by atoms with Crippen LogP contribution in [0.15, 0.2) is 46.4 Å². The molecule has 0 aliphatic rings. The average Bonchev–Trinajstić information content (AvgIpc) is 3.12. The molecule has 1 N–H and O–H groups in total. The maximum Gasteiger partial charge on any atom is 0.267 e. The summed E-state index contributed by atoms with van der Waals surface area (Å²) in [6.45, 7) is 1.96. The van der Waals surface area contributed by atoms with Gasteiger partial charge in [-0.05, 0) is 36.1 Å². The molecule has 0 spiro atoms. The van der Waals surface area contributed by atoms with Gasteiger partial charge in [0.15, 0.2) is 0 Å². The number of carbonyl (C=O) groups excluding carboxylic acids is 1. The molecule has 3 nitrogen and oxygen atoms in total. The van der Waals surface area contributed by atoms with Crippen LogP contribution in [-0.4, -0.2) is 10.9 Å². The molecule has 106 valence electrons. The van der Waals surface area contributed by atoms with Gasteiger partial charge in [-0.3, -0.25) is 4.79 Å². The lowest BCUT2D eigenvalue weighted by Gasteiger charge is -2.07. The minimum atomic E-state index is -0.128. The largest absolute Gasteiger partial charge is 0.321 e. The normalized spacial score (nSPS) is 10.6. The minimum Gasteiger partial charge on any atom is -0.321 e. The first-order valence-electron chi connectivity index (χ1n) is 6.21. The number of rotatable bonds is 3. The Bertz CT molecular complexity index is 781. The van der Waals surface area contributed by atoms with Crippen LogP contribution in [0.25, 0.3) is 9.88 Å². The Labute approximate surface area is 138 Å². The highest BCUT2D eigenvalue weighted by atomic mass is 79.9. The second-order valence-electron chi connectivity index (χ2n) is 4.42. The fourth-order valence-corrected chi connectivity index (χ4v) is 3.78. The molecular weight excluding hydrogens is 368 g/mol. The van der Waals surface area contributed by atoms with Crippen molar-refractivity contribution in [3.63, 3.8) is 0 Å². The second-order valence-corrected chi connectivity index (χ2v) is 7.31. The van der Waals surface area contributed by atoms with Crippen molar-refractivity contribution in [2.24, 2.45) is 0 Å². The van der Waals surface area contributed by atoms with E-state index in [9.17, 15) is 4.79 Å². The summed E-state index contributed by atoms with van der Waals surface area (Å²) in [4.78, 5) is 18.3. The van der Waals surface area contributed by atoms with Crippen molar-refractivity contribution < 1.29 is 4.79 Å². The summed E-state index contributed by atoms with van der Waals surface area (Å²) in [5.74, 6) is -0.128. The average molecular weight is 379 g/mol. The Morgan fingerprint density at radius 1 is 1.33 bits per heavy atom. The first-order valence-corrected chi connectivity index (χ1v) is 8.69. The topological polar surface area (TPSA) is 42.0 Å². The van der Waals surface area contributed by atoms with E-state index in [-0.39, 0.29) is 5.91 Å². The monoisotopic (exact) mass is 378 g/mol. The van der Waals surface area contributed by atoms with Crippen LogP contribution < -0.4 is 5.32 Å². The molecule has 2 aromatic heterocycles. The number of hydrogen-bond donors (Lipinski definition) is 1. The number of halogens is 1. The van der Waals surface area contributed by atoms with E-state index in [0.717, 1.165) is 25.6 Å². The van der Waals surface area contributed by atoms with E-state index >= 15 is 0 Å². The summed E-state index contributed by atoms with van der Waals surface area (Å²) in [6, 6.07) is 9.79. The van der Waals surface area contributed by atoms with Gasteiger partial charge < -0.3 is 5.32 Å². The molecule has 21 heavy (non-hydrogen) atoms. The van der Waals surface area contributed by atoms with Gasteiger partial charge in [-0.1, -0.05) is 28.1 Å². The van der Waals surface area contributed by atoms with E-state index in [1.807, 2.05) is 42.6 Å². The van der Waals surface area contributed by atoms with E-state index in [0.29, 0.717) is 4.88 Å². The molecule has 6 heteroatoms. The van der Waals surface area contributed by atoms with Crippen LogP contribution >= 0.6 is 38.6 Å². The summed E-state index contributed by atoms with van der Waals surface area (Å²) in [7, 11) is 0. The number of amides is 1. The SMILES string of the molecule is Cc1ccc(Br)cc1NC(=O)c1cnc(-c2cccs2)s1. The van der Waals surface area contributed by atoms with Crippen molar-refractivity contribution in [3.05, 3.63) is 56.8 Å². The number of carbonyl (C=O) groups is 1. The Morgan fingerprint density at radius 3 is 2.95 bits per heavy atom. The molecule has 0 unspecified atom stereocenters. The lowest BCUT2D eigenvalue weighted by molar-refractivity contribution is 0.103. The van der Waals surface area contributed by atoms with Crippen molar-refractivity contribution in [1.82, 2.24) is 4.98 Å². The first kappa shape index (κ1) is 14.4. The van der Waals surface area contributed by atoms with E-state index in [1.54, 1.807) is 17.5 Å². The molecular formula is C15H11BrN2OS2. The highest BCUT2D eigenvalue weighted by Crippen LogP contribution is 2.29. The maximum atomic E-state index is 12.3. The van der Waals surface area contributed by atoms with Gasteiger partial charge in [-0.25, -0.2) is 4.98 Å². The number of nitrogens with zero attached hydrogens (tertiary/aromatic N) is 1. The van der Waals surface area contributed by atoms with Crippen molar-refractivity contribution >= 4 is 50.2 Å². The third-order valence-corrected chi connectivity index (χ3v) is 5.44. The number of hydrogen-bond acceptors (Lipinski definition) is 4. The van der Waals surface area contributed by atoms with Crippen LogP contribution in [0.5, 0.6) is 0 Å². The molecule has 2 heterocycles. The molecule has 0 saturated heterocycles. The molecule has 0 radical (unpaired) electrons. The van der Waals surface area contributed by atoms with Crippen molar-refractivity contribution in [1.29, 1.82) is 0 Å². The zero-order valence-electron chi connectivity index (χ0n) is 11.1. The summed E-state index contributed by atoms with van der Waals surface area (Å²) >= 11 is 6.44. The first-order chi connectivity index (χ1) is 10.1. The number of nitrogens with one attached hydrogen (secondary N) is 1. The predicted molar refractivity (Wildman–Crippen MR) is 92.3 cm³/mol. The van der Waals surface area contributed by atoms with E-state index in [1.165, 1.54) is 11.3 Å². The molecule has 0 aliphatic heterocycles. The van der Waals surface area contributed by atoms with Crippen LogP contribution in [-0.2, 0) is 0 Å². The molecule has 0 aliphatic carbocycles. The summed E-state index contributed by atoms with van der Waals surface area (Å²) in [5.41, 5.74) is 1.83. The Morgan fingerprint density at radius 2 is 2.19 bits per heavy atom. The van der Waals surface area contributed by atoms with Crippen LogP contribution in [0.4, 0.5) is 5.69 Å². The van der Waals surface area contributed by atoms with Gasteiger partial charge in [-0.15, -0.1) is 22.7 Å². The van der Waals surface area contributed by atoms with E-state index in [4.69, 9.17) is 0 Å². The summed E-state index contributed by atoms with van der Waals surface area (Å²) in [5, 5.41) is 5.81. The van der Waals surface area contributed by atoms with Crippen LogP contribution in [0.1, 0.15) is 15.2 Å². The quantitative estimate of drug-likeness (QED) is 0.680. The molecule has 1 amide bonds. The highest BCUT2D eigenvalue weighted by molar-refractivity contribution is 9.10. The summed E-state index contributed by atoms with van der Waals surface area (Å²) in [6.07, 6.45) is 1.63. The molecule has 0 saturated carbocycles. The summed E-state index contributed by atoms with van der Waals surface area (Å²) < 4.78 is 0.937. The van der Waals surface area contributed by atoms with Crippen molar-refractivity contribution in [2.45, 2.75) is 6.92 Å². The third-order valence-electron chi connectivity index (χ3n) is 2.91. The standard InChI is InChI=1S/C15H11BrN2OS2/c1-9-4-5-10(16)7-11(9)18-14(19)13-8-17-15(21-13)12-3-2-6-20-12/h2-8H,1H3,(H,18,19). The smallest absolute Gasteiger partial charge is 0.267 e. The lowest BCUT2D eigenvalue weighted by Crippen LogP contribution is -2.11. The molecule has 3 rings (SSSR count). The van der Waals surface area contributed by atoms with Crippen molar-refractivity contribution in [3.8, 4) is 9.88 Å². The molecule has 0 fully saturated rings. The highest BCUT2D eigenvalue weighted by Gasteiger charge is 2.13. The van der Waals surface area contributed by atoms with Gasteiger partial charge in [0.1, 0.15) is 9.88 Å². The van der Waals surface area contributed by atoms with Gasteiger partial charge in [0.05, 0.1) is 11.1 Å². The fourth-order valence-electron chi connectivity index (χ4n) is 1.81. The van der Waals surface area contributed by atoms with E-state index in [2.05, 4.69) is 26.2 Å². The fraction of sp³-hybridized carbons (Fsp3) is 0.0667. The van der Waals surface area contributed by atoms with Crippen LogP contribution in [0.2, 0.25) is 0 Å². The molecule has 0 atom stereocenters. The Balaban J connectivity index is 1.81. The number of aryl methyl sites for hydroxylation is 1. The van der Waals surface area contributed by atoms with Gasteiger partial charge >= 0.3 is 0 Å². The van der Waals surface area contributed by atoms with E-state index < -0.39 is 0 Å². The van der Waals surface area contributed by atoms with Crippen LogP contribution in [0.3, 0.4) is 0 Å². The second kappa shape index (κ2) is 6.09. The van der Waals surface area contributed by atoms with Crippen molar-refractivity contribution in [2.75, 3.05) is 5.32 Å². The number of thiazole rings is 1. The van der Waals surface area contributed by atoms with Gasteiger partial charge in [0, 0.05) is 10.2 Å².